The molecule has 0 aromatic heterocycles. The second-order valence-electron chi connectivity index (χ2n) is 5.46. The van der Waals surface area contributed by atoms with E-state index in [2.05, 4.69) is 0 Å². The van der Waals surface area contributed by atoms with Crippen LogP contribution in [0.15, 0.2) is 0 Å². The van der Waals surface area contributed by atoms with E-state index < -0.39 is 21.0 Å². The SMILES string of the molecule is CC1C2C3OC1(C)C(C)C3(C)OS2(=O)=O. The lowest BCUT2D eigenvalue weighted by molar-refractivity contribution is -0.0104. The zero-order valence-electron chi connectivity index (χ0n) is 9.35. The third kappa shape index (κ3) is 0.818. The van der Waals surface area contributed by atoms with Crippen LogP contribution < -0.4 is 0 Å². The second kappa shape index (κ2) is 2.26. The zero-order chi connectivity index (χ0) is 11.2. The van der Waals surface area contributed by atoms with Crippen LogP contribution in [0.1, 0.15) is 27.7 Å². The third-order valence-corrected chi connectivity index (χ3v) is 6.90. The fourth-order valence-electron chi connectivity index (χ4n) is 3.62. The van der Waals surface area contributed by atoms with Crippen molar-refractivity contribution in [2.45, 2.75) is 50.3 Å². The van der Waals surface area contributed by atoms with Gasteiger partial charge in [-0.15, -0.1) is 0 Å². The van der Waals surface area contributed by atoms with Crippen LogP contribution in [0.5, 0.6) is 0 Å². The van der Waals surface area contributed by atoms with Crippen LogP contribution in [0.3, 0.4) is 0 Å². The molecule has 0 radical (unpaired) electrons. The maximum Gasteiger partial charge on any atom is 0.273 e. The fourth-order valence-corrected chi connectivity index (χ4v) is 5.87. The first kappa shape index (κ1) is 10.1. The summed E-state index contributed by atoms with van der Waals surface area (Å²) in [6.07, 6.45) is -0.280. The Labute approximate surface area is 90.1 Å². The van der Waals surface area contributed by atoms with E-state index in [4.69, 9.17) is 8.92 Å². The number of hydrogen-bond donors (Lipinski definition) is 0. The summed E-state index contributed by atoms with van der Waals surface area (Å²) in [6.45, 7) is 7.84. The van der Waals surface area contributed by atoms with Crippen LogP contribution >= 0.6 is 0 Å². The summed E-state index contributed by atoms with van der Waals surface area (Å²) in [5, 5.41) is -0.469. The molecule has 3 heterocycles. The molecule has 0 aliphatic carbocycles. The molecule has 3 fully saturated rings. The van der Waals surface area contributed by atoms with E-state index in [1.54, 1.807) is 0 Å². The first-order chi connectivity index (χ1) is 6.73. The second-order valence-corrected chi connectivity index (χ2v) is 7.15. The average molecular weight is 232 g/mol. The summed E-state index contributed by atoms with van der Waals surface area (Å²) in [5.74, 6) is 0.122. The van der Waals surface area contributed by atoms with Crippen molar-refractivity contribution in [2.24, 2.45) is 11.8 Å². The quantitative estimate of drug-likeness (QED) is 0.583. The van der Waals surface area contributed by atoms with Gasteiger partial charge in [0.25, 0.3) is 10.1 Å². The third-order valence-electron chi connectivity index (χ3n) is 4.99. The average Bonchev–Trinajstić information content (AvgIpc) is 2.53. The van der Waals surface area contributed by atoms with Crippen LogP contribution in [0.4, 0.5) is 0 Å². The predicted molar refractivity (Wildman–Crippen MR) is 53.8 cm³/mol. The van der Waals surface area contributed by atoms with Crippen molar-refractivity contribution in [3.05, 3.63) is 0 Å². The normalized spacial score (nSPS) is 65.1. The van der Waals surface area contributed by atoms with Crippen molar-refractivity contribution >= 4 is 10.1 Å². The van der Waals surface area contributed by atoms with Crippen molar-refractivity contribution in [1.82, 2.24) is 0 Å². The number of ether oxygens (including phenoxy) is 1. The fraction of sp³-hybridized carbons (Fsp3) is 1.00. The predicted octanol–water partition coefficient (Wildman–Crippen LogP) is 0.917. The molecular weight excluding hydrogens is 216 g/mol. The Morgan fingerprint density at radius 3 is 2.27 bits per heavy atom. The Morgan fingerprint density at radius 1 is 1.13 bits per heavy atom. The van der Waals surface area contributed by atoms with Gasteiger partial charge in [-0.3, -0.25) is 4.18 Å². The summed E-state index contributed by atoms with van der Waals surface area (Å²) < 4.78 is 35.0. The van der Waals surface area contributed by atoms with Gasteiger partial charge in [0.05, 0.1) is 5.60 Å². The topological polar surface area (TPSA) is 52.6 Å². The van der Waals surface area contributed by atoms with Gasteiger partial charge >= 0.3 is 0 Å². The maximum absolute atomic E-state index is 11.9. The van der Waals surface area contributed by atoms with Crippen molar-refractivity contribution < 1.29 is 17.3 Å². The molecule has 86 valence electrons. The van der Waals surface area contributed by atoms with E-state index in [0.29, 0.717) is 0 Å². The standard InChI is InChI=1S/C10H16O4S/c1-5-7-8-10(4,14-15(7,11)12)6(2)9(5,3)13-8/h5-8H,1-4H3. The van der Waals surface area contributed by atoms with Gasteiger partial charge in [0.1, 0.15) is 17.0 Å². The molecule has 3 saturated heterocycles. The molecule has 6 unspecified atom stereocenters. The van der Waals surface area contributed by atoms with Gasteiger partial charge in [0, 0.05) is 11.8 Å². The molecule has 6 atom stereocenters. The zero-order valence-corrected chi connectivity index (χ0v) is 10.2. The van der Waals surface area contributed by atoms with Gasteiger partial charge in [-0.1, -0.05) is 13.8 Å². The molecule has 0 aromatic carbocycles. The van der Waals surface area contributed by atoms with E-state index in [1.165, 1.54) is 0 Å². The van der Waals surface area contributed by atoms with E-state index >= 15 is 0 Å². The van der Waals surface area contributed by atoms with Gasteiger partial charge < -0.3 is 4.74 Å². The molecule has 3 aliphatic heterocycles. The molecule has 2 bridgehead atoms. The molecular formula is C10H16O4S. The highest BCUT2D eigenvalue weighted by Crippen LogP contribution is 2.63. The van der Waals surface area contributed by atoms with E-state index in [-0.39, 0.29) is 23.5 Å². The van der Waals surface area contributed by atoms with Crippen molar-refractivity contribution in [3.63, 3.8) is 0 Å². The largest absolute Gasteiger partial charge is 0.367 e. The van der Waals surface area contributed by atoms with Crippen LogP contribution in [-0.4, -0.2) is 31.0 Å². The van der Waals surface area contributed by atoms with Crippen molar-refractivity contribution in [2.75, 3.05) is 0 Å². The molecule has 0 amide bonds. The molecule has 4 nitrogen and oxygen atoms in total. The summed E-state index contributed by atoms with van der Waals surface area (Å²) in [7, 11) is -3.44. The van der Waals surface area contributed by atoms with E-state index in [9.17, 15) is 8.42 Å². The highest BCUT2D eigenvalue weighted by molar-refractivity contribution is 7.87. The van der Waals surface area contributed by atoms with Gasteiger partial charge in [-0.25, -0.2) is 0 Å². The van der Waals surface area contributed by atoms with Gasteiger partial charge in [-0.2, -0.15) is 8.42 Å². The maximum atomic E-state index is 11.9. The van der Waals surface area contributed by atoms with Gasteiger partial charge in [-0.05, 0) is 13.8 Å². The minimum Gasteiger partial charge on any atom is -0.367 e. The number of fused-ring (bicyclic) bond motifs is 1. The molecule has 15 heavy (non-hydrogen) atoms. The lowest BCUT2D eigenvalue weighted by Crippen LogP contribution is -2.51. The summed E-state index contributed by atoms with van der Waals surface area (Å²) in [6, 6.07) is 0. The Balaban J connectivity index is 2.24. The molecule has 0 spiro atoms. The summed E-state index contributed by atoms with van der Waals surface area (Å²) >= 11 is 0. The van der Waals surface area contributed by atoms with Crippen LogP contribution in [0.2, 0.25) is 0 Å². The van der Waals surface area contributed by atoms with Gasteiger partial charge in [0.15, 0.2) is 0 Å². The smallest absolute Gasteiger partial charge is 0.273 e. The monoisotopic (exact) mass is 232 g/mol. The minimum absolute atomic E-state index is 0.0121. The lowest BCUT2D eigenvalue weighted by atomic mass is 9.66. The van der Waals surface area contributed by atoms with E-state index in [1.807, 2.05) is 27.7 Å². The van der Waals surface area contributed by atoms with Crippen molar-refractivity contribution in [1.29, 1.82) is 0 Å². The first-order valence-corrected chi connectivity index (χ1v) is 6.83. The molecule has 0 saturated carbocycles. The Bertz CT molecular complexity index is 431. The van der Waals surface area contributed by atoms with Gasteiger partial charge in [0.2, 0.25) is 0 Å². The molecule has 5 heteroatoms. The number of hydrogen-bond acceptors (Lipinski definition) is 4. The summed E-state index contributed by atoms with van der Waals surface area (Å²) in [4.78, 5) is 0. The lowest BCUT2D eigenvalue weighted by Gasteiger charge is -2.37. The highest BCUT2D eigenvalue weighted by Gasteiger charge is 2.77. The Morgan fingerprint density at radius 2 is 1.73 bits per heavy atom. The Kier molecular flexibility index (Phi) is 1.52. The Hall–Kier alpha value is -0.130. The van der Waals surface area contributed by atoms with Crippen molar-refractivity contribution in [3.8, 4) is 0 Å². The molecule has 0 N–H and O–H groups in total. The minimum atomic E-state index is -3.44. The molecule has 3 aliphatic rings. The highest BCUT2D eigenvalue weighted by atomic mass is 32.2. The summed E-state index contributed by atoms with van der Waals surface area (Å²) in [5.41, 5.74) is -1.00. The van der Waals surface area contributed by atoms with E-state index in [0.717, 1.165) is 0 Å². The number of rotatable bonds is 0. The first-order valence-electron chi connectivity index (χ1n) is 5.36. The van der Waals surface area contributed by atoms with Crippen LogP contribution in [-0.2, 0) is 19.0 Å². The van der Waals surface area contributed by atoms with Crippen LogP contribution in [0.25, 0.3) is 0 Å². The molecule has 3 rings (SSSR count). The molecule has 0 aromatic rings. The van der Waals surface area contributed by atoms with Crippen LogP contribution in [0, 0.1) is 11.8 Å².